The molecule has 0 bridgehead atoms. The smallest absolute Gasteiger partial charge is 0.304 e. The monoisotopic (exact) mass is 314 g/mol. The summed E-state index contributed by atoms with van der Waals surface area (Å²) in [7, 11) is 0. The lowest BCUT2D eigenvalue weighted by molar-refractivity contribution is -0.138. The average Bonchev–Trinajstić information content (AvgIpc) is 2.79. The third kappa shape index (κ3) is 4.41. The van der Waals surface area contributed by atoms with E-state index in [1.165, 1.54) is 12.1 Å². The van der Waals surface area contributed by atoms with Gasteiger partial charge in [-0.25, -0.2) is 4.39 Å². The molecule has 1 atom stereocenters. The van der Waals surface area contributed by atoms with Crippen LogP contribution in [-0.4, -0.2) is 41.0 Å². The number of nitrogens with zero attached hydrogens (tertiary/aromatic N) is 1. The van der Waals surface area contributed by atoms with E-state index in [9.17, 15) is 14.0 Å². The highest BCUT2D eigenvalue weighted by Crippen LogP contribution is 2.21. The van der Waals surface area contributed by atoms with Crippen LogP contribution in [0.4, 0.5) is 10.1 Å². The van der Waals surface area contributed by atoms with Crippen LogP contribution >= 0.6 is 11.6 Å². The van der Waals surface area contributed by atoms with Crippen LogP contribution in [0, 0.1) is 5.82 Å². The molecule has 1 aliphatic heterocycles. The number of carboxylic acids is 1. The Labute approximate surface area is 126 Å². The molecular formula is C14H16ClFN2O3. The summed E-state index contributed by atoms with van der Waals surface area (Å²) in [6.07, 6.45) is 1.64. The van der Waals surface area contributed by atoms with Crippen LogP contribution in [0.3, 0.4) is 0 Å². The van der Waals surface area contributed by atoms with E-state index < -0.39 is 11.8 Å². The Bertz CT molecular complexity index is 553. The zero-order chi connectivity index (χ0) is 15.4. The number of benzene rings is 1. The number of hydrogen-bond donors (Lipinski definition) is 2. The molecule has 1 unspecified atom stereocenters. The molecule has 0 aliphatic carbocycles. The van der Waals surface area contributed by atoms with Crippen LogP contribution in [0.2, 0.25) is 5.02 Å². The fourth-order valence-corrected chi connectivity index (χ4v) is 2.66. The number of carboxylic acid groups (broad SMARTS) is 1. The third-order valence-corrected chi connectivity index (χ3v) is 3.70. The summed E-state index contributed by atoms with van der Waals surface area (Å²) < 4.78 is 13.6. The Hall–Kier alpha value is -1.66. The molecule has 114 valence electrons. The Balaban J connectivity index is 1.93. The minimum absolute atomic E-state index is 0.0165. The van der Waals surface area contributed by atoms with Crippen LogP contribution in [-0.2, 0) is 9.59 Å². The molecular weight excluding hydrogens is 299 g/mol. The summed E-state index contributed by atoms with van der Waals surface area (Å²) in [5, 5.41) is 11.6. The molecule has 1 aromatic carbocycles. The zero-order valence-electron chi connectivity index (χ0n) is 11.3. The van der Waals surface area contributed by atoms with Crippen molar-refractivity contribution in [2.45, 2.75) is 25.3 Å². The molecule has 7 heteroatoms. The summed E-state index contributed by atoms with van der Waals surface area (Å²) >= 11 is 5.64. The van der Waals surface area contributed by atoms with Crippen molar-refractivity contribution in [3.05, 3.63) is 29.0 Å². The van der Waals surface area contributed by atoms with Crippen LogP contribution < -0.4 is 5.32 Å². The number of rotatable bonds is 5. The molecule has 1 heterocycles. The van der Waals surface area contributed by atoms with E-state index in [-0.39, 0.29) is 35.6 Å². The third-order valence-electron chi connectivity index (χ3n) is 3.46. The maximum absolute atomic E-state index is 13.6. The van der Waals surface area contributed by atoms with Crippen LogP contribution in [0.25, 0.3) is 0 Å². The fourth-order valence-electron chi connectivity index (χ4n) is 2.50. The van der Waals surface area contributed by atoms with Gasteiger partial charge in [-0.3, -0.25) is 14.5 Å². The Morgan fingerprint density at radius 1 is 1.48 bits per heavy atom. The van der Waals surface area contributed by atoms with E-state index in [1.807, 2.05) is 4.90 Å². The van der Waals surface area contributed by atoms with E-state index in [1.54, 1.807) is 0 Å². The van der Waals surface area contributed by atoms with Gasteiger partial charge in [0.25, 0.3) is 0 Å². The molecule has 1 aliphatic rings. The lowest BCUT2D eigenvalue weighted by Crippen LogP contribution is -2.38. The highest BCUT2D eigenvalue weighted by molar-refractivity contribution is 6.30. The maximum atomic E-state index is 13.6. The predicted molar refractivity (Wildman–Crippen MR) is 76.9 cm³/mol. The van der Waals surface area contributed by atoms with Crippen molar-refractivity contribution in [3.8, 4) is 0 Å². The molecule has 1 aromatic rings. The Morgan fingerprint density at radius 2 is 2.24 bits per heavy atom. The molecule has 2 rings (SSSR count). The molecule has 0 spiro atoms. The first-order valence-corrected chi connectivity index (χ1v) is 7.04. The van der Waals surface area contributed by atoms with Crippen molar-refractivity contribution >= 4 is 29.2 Å². The summed E-state index contributed by atoms with van der Waals surface area (Å²) in [6, 6.07) is 3.88. The van der Waals surface area contributed by atoms with Gasteiger partial charge in [0.05, 0.1) is 18.7 Å². The van der Waals surface area contributed by atoms with Gasteiger partial charge in [-0.15, -0.1) is 0 Å². The van der Waals surface area contributed by atoms with E-state index in [4.69, 9.17) is 16.7 Å². The van der Waals surface area contributed by atoms with E-state index >= 15 is 0 Å². The second-order valence-corrected chi connectivity index (χ2v) is 5.47. The Morgan fingerprint density at radius 3 is 2.90 bits per heavy atom. The number of carbonyl (C=O) groups is 2. The maximum Gasteiger partial charge on any atom is 0.304 e. The van der Waals surface area contributed by atoms with Gasteiger partial charge in [0.1, 0.15) is 5.82 Å². The standard InChI is InChI=1S/C14H16ClFN2O3/c15-9-3-4-12(11(16)6-9)17-13(19)8-18-5-1-2-10(18)7-14(20)21/h3-4,6,10H,1-2,5,7-8H2,(H,17,19)(H,20,21). The number of carbonyl (C=O) groups excluding carboxylic acids is 1. The predicted octanol–water partition coefficient (Wildman–Crippen LogP) is 2.36. The summed E-state index contributed by atoms with van der Waals surface area (Å²) in [5.74, 6) is -1.84. The highest BCUT2D eigenvalue weighted by atomic mass is 35.5. The van der Waals surface area contributed by atoms with Crippen LogP contribution in [0.15, 0.2) is 18.2 Å². The summed E-state index contributed by atoms with van der Waals surface area (Å²) in [6.45, 7) is 0.731. The molecule has 1 saturated heterocycles. The number of amides is 1. The van der Waals surface area contributed by atoms with Crippen molar-refractivity contribution in [2.75, 3.05) is 18.4 Å². The number of hydrogen-bond acceptors (Lipinski definition) is 3. The lowest BCUT2D eigenvalue weighted by Gasteiger charge is -2.22. The average molecular weight is 315 g/mol. The van der Waals surface area contributed by atoms with Crippen molar-refractivity contribution in [1.82, 2.24) is 4.90 Å². The molecule has 1 amide bonds. The molecule has 2 N–H and O–H groups in total. The van der Waals surface area contributed by atoms with E-state index in [0.717, 1.165) is 18.9 Å². The topological polar surface area (TPSA) is 69.6 Å². The quantitative estimate of drug-likeness (QED) is 0.875. The second-order valence-electron chi connectivity index (χ2n) is 5.04. The van der Waals surface area contributed by atoms with Gasteiger partial charge in [0.15, 0.2) is 0 Å². The van der Waals surface area contributed by atoms with Crippen molar-refractivity contribution in [2.24, 2.45) is 0 Å². The zero-order valence-corrected chi connectivity index (χ0v) is 12.1. The molecule has 1 fully saturated rings. The Kier molecular flexibility index (Phi) is 5.14. The first-order chi connectivity index (χ1) is 9.95. The van der Waals surface area contributed by atoms with Crippen molar-refractivity contribution in [3.63, 3.8) is 0 Å². The molecule has 0 saturated carbocycles. The normalized spacial score (nSPS) is 18.7. The lowest BCUT2D eigenvalue weighted by atomic mass is 10.1. The highest BCUT2D eigenvalue weighted by Gasteiger charge is 2.28. The summed E-state index contributed by atoms with van der Waals surface area (Å²) in [4.78, 5) is 24.5. The van der Waals surface area contributed by atoms with Gasteiger partial charge >= 0.3 is 5.97 Å². The van der Waals surface area contributed by atoms with Crippen LogP contribution in [0.1, 0.15) is 19.3 Å². The van der Waals surface area contributed by atoms with Crippen molar-refractivity contribution in [1.29, 1.82) is 0 Å². The molecule has 5 nitrogen and oxygen atoms in total. The second kappa shape index (κ2) is 6.87. The van der Waals surface area contributed by atoms with Gasteiger partial charge in [-0.05, 0) is 37.6 Å². The van der Waals surface area contributed by atoms with Gasteiger partial charge in [0.2, 0.25) is 5.91 Å². The number of aliphatic carboxylic acids is 1. The number of halogens is 2. The minimum atomic E-state index is -0.879. The number of likely N-dealkylation sites (tertiary alicyclic amines) is 1. The van der Waals surface area contributed by atoms with E-state index in [2.05, 4.69) is 5.32 Å². The van der Waals surface area contributed by atoms with Crippen molar-refractivity contribution < 1.29 is 19.1 Å². The molecule has 0 radical (unpaired) electrons. The first-order valence-electron chi connectivity index (χ1n) is 6.66. The van der Waals surface area contributed by atoms with Gasteiger partial charge in [0, 0.05) is 11.1 Å². The first kappa shape index (κ1) is 15.7. The van der Waals surface area contributed by atoms with Gasteiger partial charge < -0.3 is 10.4 Å². The fraction of sp³-hybridized carbons (Fsp3) is 0.429. The summed E-state index contributed by atoms with van der Waals surface area (Å²) in [5.41, 5.74) is 0.0679. The van der Waals surface area contributed by atoms with Gasteiger partial charge in [-0.1, -0.05) is 11.6 Å². The number of anilines is 1. The van der Waals surface area contributed by atoms with E-state index in [0.29, 0.717) is 6.54 Å². The molecule has 21 heavy (non-hydrogen) atoms. The molecule has 0 aromatic heterocycles. The minimum Gasteiger partial charge on any atom is -0.481 e. The SMILES string of the molecule is O=C(O)CC1CCCN1CC(=O)Nc1ccc(Cl)cc1F. The van der Waals surface area contributed by atoms with Gasteiger partial charge in [-0.2, -0.15) is 0 Å². The largest absolute Gasteiger partial charge is 0.481 e. The van der Waals surface area contributed by atoms with Crippen LogP contribution in [0.5, 0.6) is 0 Å². The number of nitrogens with one attached hydrogen (secondary N) is 1.